The van der Waals surface area contributed by atoms with Crippen LogP contribution in [0.15, 0.2) is 91.0 Å². The van der Waals surface area contributed by atoms with E-state index < -0.39 is 250 Å². The van der Waals surface area contributed by atoms with E-state index in [1.54, 1.807) is 0 Å². The first-order valence-corrected chi connectivity index (χ1v) is 35.1. The number of carboxylic acid groups (broad SMARTS) is 1. The van der Waals surface area contributed by atoms with Gasteiger partial charge in [0.05, 0.1) is 43.5 Å². The molecule has 0 radical (unpaired) electrons. The van der Waals surface area contributed by atoms with Gasteiger partial charge in [-0.25, -0.2) is 4.79 Å². The Labute approximate surface area is 622 Å². The molecule has 22 atom stereocenters. The van der Waals surface area contributed by atoms with Gasteiger partial charge in [0, 0.05) is 46.7 Å². The number of aliphatic hydroxyl groups excluding tert-OH is 6. The number of ether oxygens (including phenoxy) is 8. The van der Waals surface area contributed by atoms with Gasteiger partial charge in [-0.3, -0.25) is 33.6 Å². The van der Waals surface area contributed by atoms with Gasteiger partial charge in [0.1, 0.15) is 89.5 Å². The number of likely N-dealkylation sites (N-methyl/N-ethyl adjacent to an activating group) is 1. The van der Waals surface area contributed by atoms with Crippen molar-refractivity contribution in [3.8, 4) is 57.1 Å². The molecule has 8 aliphatic rings. The Morgan fingerprint density at radius 2 is 1.21 bits per heavy atom. The summed E-state index contributed by atoms with van der Waals surface area (Å²) in [4.78, 5) is 119. The van der Waals surface area contributed by atoms with Crippen LogP contribution in [0.25, 0.3) is 11.1 Å². The van der Waals surface area contributed by atoms with Gasteiger partial charge in [-0.1, -0.05) is 44.2 Å². The summed E-state index contributed by atoms with van der Waals surface area (Å²) in [6.07, 6.45) is -22.0. The number of carboxylic acids is 1. The average Bonchev–Trinajstić information content (AvgIpc) is 0.766. The van der Waals surface area contributed by atoms with Crippen LogP contribution in [-0.2, 0) is 62.0 Å². The minimum atomic E-state index is -2.31. The molecule has 3 fully saturated rings. The quantitative estimate of drug-likeness (QED) is 0.0600. The highest BCUT2D eigenvalue weighted by Gasteiger charge is 2.52. The van der Waals surface area contributed by atoms with E-state index in [0.29, 0.717) is 0 Å². The minimum absolute atomic E-state index is 0.0277. The topological polar surface area (TPSA) is 575 Å². The fraction of sp³-hybridized carbons (Fsp3) is 0.479. The number of hydrogen-bond acceptors (Lipinski definition) is 28. The Kier molecular flexibility index (Phi) is 23.8. The molecule has 13 unspecified atom stereocenters. The molecule has 0 aromatic heterocycles. The van der Waals surface area contributed by atoms with E-state index in [1.807, 2.05) is 13.8 Å². The number of nitrogens with two attached hydrogens (primary N) is 3. The van der Waals surface area contributed by atoms with Gasteiger partial charge >= 0.3 is 5.97 Å². The number of hydrogen-bond donors (Lipinski definition) is 20. The summed E-state index contributed by atoms with van der Waals surface area (Å²) in [5.74, 6) is -14.9. The van der Waals surface area contributed by atoms with E-state index in [2.05, 4.69) is 37.2 Å². The molecule has 36 heteroatoms. The molecule has 13 rings (SSSR count). The van der Waals surface area contributed by atoms with Crippen molar-refractivity contribution in [1.82, 2.24) is 37.2 Å². The molecule has 8 heterocycles. The lowest BCUT2D eigenvalue weighted by atomic mass is 9.86. The summed E-state index contributed by atoms with van der Waals surface area (Å²) in [6, 6.07) is 3.50. The highest BCUT2D eigenvalue weighted by Crippen LogP contribution is 2.49. The van der Waals surface area contributed by atoms with Crippen molar-refractivity contribution in [2.75, 3.05) is 13.7 Å². The molecule has 5 aromatic rings. The summed E-state index contributed by atoms with van der Waals surface area (Å²) in [6.45, 7) is 8.73. The fourth-order valence-corrected chi connectivity index (χ4v) is 14.2. The lowest BCUT2D eigenvalue weighted by Gasteiger charge is -2.47. The van der Waals surface area contributed by atoms with Gasteiger partial charge in [-0.05, 0) is 124 Å². The van der Waals surface area contributed by atoms with Crippen molar-refractivity contribution in [3.05, 3.63) is 119 Å². The number of fused-ring (bicyclic) bond motifs is 15. The van der Waals surface area contributed by atoms with E-state index in [1.165, 1.54) is 83.3 Å². The molecule has 588 valence electrons. The molecule has 23 N–H and O–H groups in total. The number of nitrogens with one attached hydrogen (secondary N) is 7. The smallest absolute Gasteiger partial charge is 0.330 e. The Hall–Kier alpha value is -9.90. The first-order valence-electron chi connectivity index (χ1n) is 35.1. The molecule has 109 heavy (non-hydrogen) atoms. The highest BCUT2D eigenvalue weighted by molar-refractivity contribution is 6.00. The van der Waals surface area contributed by atoms with Gasteiger partial charge in [0.15, 0.2) is 36.2 Å². The summed E-state index contributed by atoms with van der Waals surface area (Å²) < 4.78 is 51.7. The molecular weight excluding hydrogens is 1430 g/mol. The van der Waals surface area contributed by atoms with Crippen LogP contribution in [0, 0.1) is 5.92 Å². The molecule has 11 bridgehead atoms. The largest absolute Gasteiger partial charge is 0.508 e. The SMILES string of the molecule is CN[C@H](CC(C)C)C(=O)N[C@H]1C(=O)N[C@@H](CC(N)=O)C(=O)N[C@H]2C(=O)N[C@H]3C(=O)N[C@H](C(=O)N[C@H](C(=O)O)c4cc(O)cc(O)c4-c4cc3ccc4O)[C@H](OC3CC(C)(N)C(O)C(C)O3)c3ccc(cc3)Oc3cc2cc(c3OC2OC(CO)C(O)C(O)C2OC2CC(C)(N)C(O)C(C)O2)Oc2ccc(cc2)[C@H]1O. The highest BCUT2D eigenvalue weighted by atomic mass is 16.8. The van der Waals surface area contributed by atoms with Gasteiger partial charge in [-0.15, -0.1) is 0 Å². The molecule has 3 saturated heterocycles. The Balaban J connectivity index is 1.17. The molecule has 8 aliphatic heterocycles. The van der Waals surface area contributed by atoms with Crippen LogP contribution in [0.1, 0.15) is 125 Å². The third-order valence-electron chi connectivity index (χ3n) is 20.0. The number of carbonyl (C=O) groups is 8. The number of carbonyl (C=O) groups excluding carboxylic acids is 7. The Bertz CT molecular complexity index is 4260. The number of rotatable bonds is 15. The number of aromatic hydroxyl groups is 3. The number of amides is 7. The molecule has 5 aromatic carbocycles. The number of aliphatic hydroxyl groups is 6. The zero-order valence-electron chi connectivity index (χ0n) is 60.1. The van der Waals surface area contributed by atoms with E-state index in [-0.39, 0.29) is 53.4 Å². The monoisotopic (exact) mass is 1520 g/mol. The average molecular weight is 1520 g/mol. The third kappa shape index (κ3) is 17.3. The van der Waals surface area contributed by atoms with Gasteiger partial charge in [0.2, 0.25) is 53.4 Å². The van der Waals surface area contributed by atoms with Crippen LogP contribution in [0.5, 0.6) is 46.0 Å². The number of phenolic OH excluding ortho intramolecular Hbond substituents is 3. The molecule has 0 spiro atoms. The van der Waals surface area contributed by atoms with Crippen molar-refractivity contribution in [2.24, 2.45) is 23.1 Å². The first kappa shape index (κ1) is 80.1. The molecule has 36 nitrogen and oxygen atoms in total. The molecular formula is C73H90N10O26. The predicted octanol–water partition coefficient (Wildman–Crippen LogP) is -0.963. The van der Waals surface area contributed by atoms with E-state index in [4.69, 9.17) is 55.1 Å². The summed E-state index contributed by atoms with van der Waals surface area (Å²) >= 11 is 0. The zero-order chi connectivity index (χ0) is 79.2. The molecule has 0 saturated carbocycles. The summed E-state index contributed by atoms with van der Waals surface area (Å²) in [5.41, 5.74) is 13.8. The Morgan fingerprint density at radius 1 is 0.651 bits per heavy atom. The zero-order valence-corrected chi connectivity index (χ0v) is 60.1. The van der Waals surface area contributed by atoms with E-state index >= 15 is 19.2 Å². The van der Waals surface area contributed by atoms with Crippen LogP contribution >= 0.6 is 0 Å². The number of primary amides is 1. The second-order valence-corrected chi connectivity index (χ2v) is 29.0. The predicted molar refractivity (Wildman–Crippen MR) is 376 cm³/mol. The van der Waals surface area contributed by atoms with Crippen LogP contribution in [0.4, 0.5) is 0 Å². The lowest BCUT2D eigenvalue weighted by molar-refractivity contribution is -0.333. The van der Waals surface area contributed by atoms with Crippen molar-refractivity contribution in [2.45, 2.75) is 201 Å². The Morgan fingerprint density at radius 3 is 1.77 bits per heavy atom. The maximum atomic E-state index is 16.3. The minimum Gasteiger partial charge on any atom is -0.508 e. The maximum absolute atomic E-state index is 16.3. The second-order valence-electron chi connectivity index (χ2n) is 29.0. The number of benzene rings is 5. The van der Waals surface area contributed by atoms with Gasteiger partial charge < -0.3 is 143 Å². The van der Waals surface area contributed by atoms with Crippen molar-refractivity contribution in [1.29, 1.82) is 0 Å². The fourth-order valence-electron chi connectivity index (χ4n) is 14.2. The van der Waals surface area contributed by atoms with Crippen LogP contribution < -0.4 is 68.6 Å². The normalized spacial score (nSPS) is 32.4. The van der Waals surface area contributed by atoms with Crippen molar-refractivity contribution in [3.63, 3.8) is 0 Å². The standard InChI is InChI=1S/C73H90N10O26/c1-28(2)18-40(77-7)64(94)82-54-56(89)31-8-13-36(14-9-31)104-44-20-34-21-45(60(44)109-71-61(58(91)57(90)46(27-84)106-71)108-49-26-73(6,76)63(93)30(4)103-49)105-37-15-10-32(11-16-37)59(107-48-25-72(5,75)62(92)29(3)102-48)55-69(99)81-53(70(100)101)39-22-35(85)23-43(87)50(39)38-19-33(12-17-42(38)86)51(66(96)83-55)80-67(97)52(34)79-65(95)41(24-47(74)88)78-68(54)98/h8-17,19-23,28-30,40-41,46,48-49,51-59,61-63,71,77,84-87,89-93H,18,24-27,75-76H2,1-7H3,(H2,74,88)(H,78,98)(H,79,95)(H,80,97)(H,81,99)(H,82,94)(H,83,96)(H,100,101)/t29?,30?,40-,41+,46?,48?,49?,51-,52-,53+,54-,55+,56-,57?,58?,59-,61?,62?,63?,71?,72?,73?/m1/s1. The molecule has 7 amide bonds. The van der Waals surface area contributed by atoms with Crippen LogP contribution in [-0.4, -0.2) is 215 Å². The summed E-state index contributed by atoms with van der Waals surface area (Å²) in [7, 11) is 1.49. The summed E-state index contributed by atoms with van der Waals surface area (Å²) in [5, 5.41) is 132. The van der Waals surface area contributed by atoms with Gasteiger partial charge in [-0.2, -0.15) is 0 Å². The van der Waals surface area contributed by atoms with Crippen molar-refractivity contribution < 1.29 is 127 Å². The second kappa shape index (κ2) is 32.3. The van der Waals surface area contributed by atoms with Crippen LogP contribution in [0.3, 0.4) is 0 Å². The van der Waals surface area contributed by atoms with Gasteiger partial charge in [0.25, 0.3) is 0 Å². The lowest BCUT2D eigenvalue weighted by Crippen LogP contribution is -2.64. The van der Waals surface area contributed by atoms with Crippen molar-refractivity contribution >= 4 is 47.3 Å². The molecule has 0 aliphatic carbocycles. The first-order chi connectivity index (χ1) is 51.4. The van der Waals surface area contributed by atoms with E-state index in [9.17, 15) is 70.2 Å². The maximum Gasteiger partial charge on any atom is 0.330 e. The third-order valence-corrected chi connectivity index (χ3v) is 20.0. The van der Waals surface area contributed by atoms with Crippen LogP contribution in [0.2, 0.25) is 0 Å². The van der Waals surface area contributed by atoms with E-state index in [0.717, 1.165) is 42.5 Å². The number of aliphatic carboxylic acids is 1. The number of phenols is 3.